The van der Waals surface area contributed by atoms with Gasteiger partial charge < -0.3 is 5.11 Å². The molecule has 2 aromatic rings. The summed E-state index contributed by atoms with van der Waals surface area (Å²) in [6, 6.07) is 8.89. The number of hydrogen-bond acceptors (Lipinski definition) is 2. The summed E-state index contributed by atoms with van der Waals surface area (Å²) in [6.07, 6.45) is 18.3. The molecule has 176 valence electrons. The Bertz CT molecular complexity index is 1040. The summed E-state index contributed by atoms with van der Waals surface area (Å²) < 4.78 is 0. The molecular formula is C31H40O2. The molecule has 5 unspecified atom stereocenters. The topological polar surface area (TPSA) is 37.3 Å². The molecule has 0 amide bonds. The van der Waals surface area contributed by atoms with Crippen molar-refractivity contribution >= 4 is 16.6 Å². The van der Waals surface area contributed by atoms with Crippen LogP contribution in [0.5, 0.6) is 0 Å². The molecule has 0 spiro atoms. The highest BCUT2D eigenvalue weighted by atomic mass is 16.3. The van der Waals surface area contributed by atoms with Gasteiger partial charge >= 0.3 is 0 Å². The Morgan fingerprint density at radius 1 is 0.667 bits per heavy atom. The summed E-state index contributed by atoms with van der Waals surface area (Å²) >= 11 is 0. The summed E-state index contributed by atoms with van der Waals surface area (Å²) in [5, 5.41) is 14.0. The van der Waals surface area contributed by atoms with E-state index in [-0.39, 0.29) is 12.0 Å². The lowest BCUT2D eigenvalue weighted by Crippen LogP contribution is -2.31. The number of aliphatic hydroxyl groups is 1. The number of benzene rings is 2. The first-order valence-corrected chi connectivity index (χ1v) is 14.0. The Balaban J connectivity index is 1.44. The molecule has 1 N–H and O–H groups in total. The third-order valence-electron chi connectivity index (χ3n) is 9.78. The van der Waals surface area contributed by atoms with Gasteiger partial charge in [0.25, 0.3) is 0 Å². The van der Waals surface area contributed by atoms with E-state index in [9.17, 15) is 9.90 Å². The summed E-state index contributed by atoms with van der Waals surface area (Å²) in [5.74, 6) is 2.03. The molecule has 4 aliphatic rings. The van der Waals surface area contributed by atoms with E-state index in [1.54, 1.807) is 0 Å². The maximum atomic E-state index is 13.7. The van der Waals surface area contributed by atoms with Crippen LogP contribution in [0.25, 0.3) is 10.8 Å². The first kappa shape index (κ1) is 21.8. The minimum absolute atomic E-state index is 0.239. The molecule has 0 bridgehead atoms. The van der Waals surface area contributed by atoms with Gasteiger partial charge in [-0.15, -0.1) is 0 Å². The predicted molar refractivity (Wildman–Crippen MR) is 135 cm³/mol. The van der Waals surface area contributed by atoms with Gasteiger partial charge in [0.05, 0.1) is 6.10 Å². The fourth-order valence-electron chi connectivity index (χ4n) is 8.08. The molecule has 5 atom stereocenters. The summed E-state index contributed by atoms with van der Waals surface area (Å²) in [5.41, 5.74) is 4.94. The van der Waals surface area contributed by atoms with Gasteiger partial charge in [-0.25, -0.2) is 0 Å². The largest absolute Gasteiger partial charge is 0.388 e. The molecule has 2 nitrogen and oxygen atoms in total. The van der Waals surface area contributed by atoms with Crippen molar-refractivity contribution in [3.8, 4) is 0 Å². The highest BCUT2D eigenvalue weighted by Crippen LogP contribution is 2.53. The monoisotopic (exact) mass is 444 g/mol. The van der Waals surface area contributed by atoms with E-state index < -0.39 is 0 Å². The third kappa shape index (κ3) is 3.77. The third-order valence-corrected chi connectivity index (χ3v) is 9.78. The smallest absolute Gasteiger partial charge is 0.166 e. The van der Waals surface area contributed by atoms with Gasteiger partial charge in [0.2, 0.25) is 0 Å². The van der Waals surface area contributed by atoms with E-state index in [1.165, 1.54) is 105 Å². The van der Waals surface area contributed by atoms with Gasteiger partial charge in [0.1, 0.15) is 0 Å². The van der Waals surface area contributed by atoms with Crippen LogP contribution < -0.4 is 0 Å². The average Bonchev–Trinajstić information content (AvgIpc) is 3.21. The van der Waals surface area contributed by atoms with Crippen molar-refractivity contribution in [2.24, 2.45) is 17.8 Å². The van der Waals surface area contributed by atoms with E-state index in [0.717, 1.165) is 24.8 Å². The number of aliphatic hydroxyl groups excluding tert-OH is 1. The molecule has 2 heteroatoms. The van der Waals surface area contributed by atoms with Crippen molar-refractivity contribution in [2.45, 2.75) is 108 Å². The maximum absolute atomic E-state index is 13.7. The predicted octanol–water partition coefficient (Wildman–Crippen LogP) is 8.05. The first-order valence-electron chi connectivity index (χ1n) is 14.0. The normalized spacial score (nSPS) is 32.8. The van der Waals surface area contributed by atoms with Gasteiger partial charge in [0.15, 0.2) is 5.78 Å². The Morgan fingerprint density at radius 2 is 1.30 bits per heavy atom. The highest BCUT2D eigenvalue weighted by Gasteiger charge is 2.41. The van der Waals surface area contributed by atoms with E-state index in [1.807, 2.05) is 0 Å². The van der Waals surface area contributed by atoms with E-state index >= 15 is 0 Å². The van der Waals surface area contributed by atoms with Gasteiger partial charge in [-0.3, -0.25) is 4.79 Å². The van der Waals surface area contributed by atoms with Gasteiger partial charge in [-0.2, -0.15) is 0 Å². The van der Waals surface area contributed by atoms with Crippen LogP contribution in [-0.4, -0.2) is 10.9 Å². The number of carbonyl (C=O) groups is 1. The maximum Gasteiger partial charge on any atom is 0.166 e. The molecule has 33 heavy (non-hydrogen) atoms. The lowest BCUT2D eigenvalue weighted by Gasteiger charge is -2.33. The number of fused-ring (bicyclic) bond motifs is 8. The van der Waals surface area contributed by atoms with Crippen molar-refractivity contribution < 1.29 is 9.90 Å². The first-order chi connectivity index (χ1) is 16.2. The van der Waals surface area contributed by atoms with Crippen LogP contribution in [0.1, 0.15) is 129 Å². The highest BCUT2D eigenvalue weighted by molar-refractivity contribution is 6.06. The second-order valence-corrected chi connectivity index (χ2v) is 11.6. The Morgan fingerprint density at radius 3 is 2.09 bits per heavy atom. The number of carbonyl (C=O) groups excluding carboxylic acids is 1. The summed E-state index contributed by atoms with van der Waals surface area (Å²) in [6.45, 7) is 0. The molecular weight excluding hydrogens is 404 g/mol. The van der Waals surface area contributed by atoms with Crippen LogP contribution in [0.15, 0.2) is 24.3 Å². The second-order valence-electron chi connectivity index (χ2n) is 11.6. The number of Topliss-reactive ketones (excluding diaryl/α,β-unsaturated/α-hetero) is 1. The standard InChI is InChI=1S/C31H40O2/c32-30-21-12-8-4-1-3-7-11-20(21)19-28-22-15-18-27-29(24(22)16-17-26(28)30)23-13-9-5-2-6-10-14-25(23)31(27)33/h15-18,20-21,23,25,31,33H,1-14,19H2. The Hall–Kier alpha value is -1.67. The molecule has 2 aromatic carbocycles. The van der Waals surface area contributed by atoms with Crippen molar-refractivity contribution in [1.82, 2.24) is 0 Å². The van der Waals surface area contributed by atoms with Crippen molar-refractivity contribution in [1.29, 1.82) is 0 Å². The van der Waals surface area contributed by atoms with Crippen LogP contribution in [0.4, 0.5) is 0 Å². The van der Waals surface area contributed by atoms with E-state index in [0.29, 0.717) is 23.5 Å². The van der Waals surface area contributed by atoms with Gasteiger partial charge in [-0.1, -0.05) is 88.5 Å². The molecule has 0 aliphatic heterocycles. The zero-order valence-corrected chi connectivity index (χ0v) is 20.2. The molecule has 2 saturated carbocycles. The Kier molecular flexibility index (Phi) is 6.07. The molecule has 4 aliphatic carbocycles. The number of ketones is 1. The zero-order chi connectivity index (χ0) is 22.4. The summed E-state index contributed by atoms with van der Waals surface area (Å²) in [4.78, 5) is 13.7. The second kappa shape index (κ2) is 9.17. The van der Waals surface area contributed by atoms with Crippen molar-refractivity contribution in [2.75, 3.05) is 0 Å². The quantitative estimate of drug-likeness (QED) is 0.446. The van der Waals surface area contributed by atoms with E-state index in [4.69, 9.17) is 0 Å². The van der Waals surface area contributed by atoms with Crippen LogP contribution in [0.2, 0.25) is 0 Å². The van der Waals surface area contributed by atoms with Gasteiger partial charge in [-0.05, 0) is 77.3 Å². The number of rotatable bonds is 0. The average molecular weight is 445 g/mol. The van der Waals surface area contributed by atoms with Gasteiger partial charge in [0, 0.05) is 11.5 Å². The van der Waals surface area contributed by atoms with Crippen LogP contribution in [0.3, 0.4) is 0 Å². The molecule has 0 saturated heterocycles. The molecule has 0 aromatic heterocycles. The minimum Gasteiger partial charge on any atom is -0.388 e. The summed E-state index contributed by atoms with van der Waals surface area (Å²) in [7, 11) is 0. The molecule has 0 heterocycles. The number of hydrogen-bond donors (Lipinski definition) is 1. The van der Waals surface area contributed by atoms with Crippen LogP contribution in [-0.2, 0) is 6.42 Å². The zero-order valence-electron chi connectivity index (χ0n) is 20.2. The molecule has 0 radical (unpaired) electrons. The molecule has 2 fully saturated rings. The van der Waals surface area contributed by atoms with Crippen molar-refractivity contribution in [3.05, 3.63) is 46.5 Å². The lowest BCUT2D eigenvalue weighted by atomic mass is 9.70. The lowest BCUT2D eigenvalue weighted by molar-refractivity contribution is 0.0834. The fraction of sp³-hybridized carbons (Fsp3) is 0.645. The van der Waals surface area contributed by atoms with Crippen LogP contribution in [0, 0.1) is 17.8 Å². The van der Waals surface area contributed by atoms with Crippen molar-refractivity contribution in [3.63, 3.8) is 0 Å². The van der Waals surface area contributed by atoms with Crippen LogP contribution >= 0.6 is 0 Å². The van der Waals surface area contributed by atoms with E-state index in [2.05, 4.69) is 24.3 Å². The SMILES string of the molecule is O=C1c2ccc3c4c(ccc3c2CC2CCCCCCCC12)C(O)C1CCCCCCCC41. The Labute approximate surface area is 199 Å². The fourth-order valence-corrected chi connectivity index (χ4v) is 8.08. The minimum atomic E-state index is -0.316. The molecule has 6 rings (SSSR count).